The van der Waals surface area contributed by atoms with E-state index in [0.717, 1.165) is 32.2 Å². The van der Waals surface area contributed by atoms with Gasteiger partial charge in [-0.05, 0) is 33.2 Å². The Labute approximate surface area is 81.2 Å². The number of rotatable bonds is 8. The lowest BCUT2D eigenvalue weighted by atomic mass is 10.1. The quantitative estimate of drug-likeness (QED) is 0.497. The standard InChI is InChI=1S/C10H23NO2/c1-10(2,13)9-11-7-5-3-4-6-8-12/h11-13H,3-9H2,1-2H3. The van der Waals surface area contributed by atoms with Crippen molar-refractivity contribution in [2.75, 3.05) is 19.7 Å². The minimum atomic E-state index is -0.606. The van der Waals surface area contributed by atoms with E-state index in [1.807, 2.05) is 0 Å². The summed E-state index contributed by atoms with van der Waals surface area (Å²) in [5.41, 5.74) is -0.606. The summed E-state index contributed by atoms with van der Waals surface area (Å²) in [6, 6.07) is 0. The van der Waals surface area contributed by atoms with E-state index in [2.05, 4.69) is 5.32 Å². The molecule has 0 aromatic rings. The average Bonchev–Trinajstić information content (AvgIpc) is 2.01. The van der Waals surface area contributed by atoms with E-state index in [0.29, 0.717) is 13.2 Å². The number of hydrogen-bond donors (Lipinski definition) is 3. The summed E-state index contributed by atoms with van der Waals surface area (Å²) in [5.74, 6) is 0. The Morgan fingerprint density at radius 2 is 1.69 bits per heavy atom. The van der Waals surface area contributed by atoms with E-state index in [4.69, 9.17) is 5.11 Å². The molecule has 0 unspecified atom stereocenters. The van der Waals surface area contributed by atoms with E-state index >= 15 is 0 Å². The molecule has 0 bridgehead atoms. The summed E-state index contributed by atoms with van der Waals surface area (Å²) in [7, 11) is 0. The maximum absolute atomic E-state index is 9.36. The van der Waals surface area contributed by atoms with Gasteiger partial charge in [-0.15, -0.1) is 0 Å². The second-order valence-electron chi connectivity index (χ2n) is 4.13. The highest BCUT2D eigenvalue weighted by Crippen LogP contribution is 1.99. The molecule has 0 radical (unpaired) electrons. The molecular formula is C10H23NO2. The molecule has 0 aliphatic carbocycles. The second-order valence-corrected chi connectivity index (χ2v) is 4.13. The molecule has 0 spiro atoms. The molecule has 0 rings (SSSR count). The van der Waals surface area contributed by atoms with Crippen LogP contribution in [0.2, 0.25) is 0 Å². The maximum Gasteiger partial charge on any atom is 0.0715 e. The Balaban J connectivity index is 3.00. The summed E-state index contributed by atoms with van der Waals surface area (Å²) >= 11 is 0. The molecule has 0 saturated carbocycles. The first-order valence-electron chi connectivity index (χ1n) is 5.10. The number of nitrogens with one attached hydrogen (secondary N) is 1. The second kappa shape index (κ2) is 7.30. The minimum absolute atomic E-state index is 0.303. The van der Waals surface area contributed by atoms with Gasteiger partial charge in [0.15, 0.2) is 0 Å². The molecule has 0 aromatic carbocycles. The zero-order chi connectivity index (χ0) is 10.2. The zero-order valence-electron chi connectivity index (χ0n) is 8.84. The van der Waals surface area contributed by atoms with Crippen molar-refractivity contribution in [3.63, 3.8) is 0 Å². The van der Waals surface area contributed by atoms with E-state index in [1.165, 1.54) is 0 Å². The lowest BCUT2D eigenvalue weighted by molar-refractivity contribution is 0.0799. The van der Waals surface area contributed by atoms with E-state index in [9.17, 15) is 5.11 Å². The lowest BCUT2D eigenvalue weighted by Gasteiger charge is -2.17. The van der Waals surface area contributed by atoms with E-state index in [-0.39, 0.29) is 0 Å². The molecule has 80 valence electrons. The molecule has 0 atom stereocenters. The van der Waals surface area contributed by atoms with Gasteiger partial charge in [0, 0.05) is 13.2 Å². The minimum Gasteiger partial charge on any atom is -0.396 e. The monoisotopic (exact) mass is 189 g/mol. The molecule has 0 aromatic heterocycles. The predicted molar refractivity (Wildman–Crippen MR) is 54.7 cm³/mol. The summed E-state index contributed by atoms with van der Waals surface area (Å²) in [6.45, 7) is 5.50. The fraction of sp³-hybridized carbons (Fsp3) is 1.00. The van der Waals surface area contributed by atoms with Crippen molar-refractivity contribution in [1.29, 1.82) is 0 Å². The number of aliphatic hydroxyl groups excluding tert-OH is 1. The van der Waals surface area contributed by atoms with Gasteiger partial charge in [0.25, 0.3) is 0 Å². The van der Waals surface area contributed by atoms with Gasteiger partial charge in [0.2, 0.25) is 0 Å². The normalized spacial score (nSPS) is 12.0. The highest BCUT2D eigenvalue weighted by Gasteiger charge is 2.10. The molecule has 3 nitrogen and oxygen atoms in total. The molecule has 0 aliphatic heterocycles. The highest BCUT2D eigenvalue weighted by atomic mass is 16.3. The van der Waals surface area contributed by atoms with E-state index in [1.54, 1.807) is 13.8 Å². The summed E-state index contributed by atoms with van der Waals surface area (Å²) in [5, 5.41) is 21.1. The molecule has 13 heavy (non-hydrogen) atoms. The van der Waals surface area contributed by atoms with Gasteiger partial charge >= 0.3 is 0 Å². The van der Waals surface area contributed by atoms with Crippen LogP contribution in [-0.4, -0.2) is 35.5 Å². The lowest BCUT2D eigenvalue weighted by Crippen LogP contribution is -2.35. The molecule has 0 heterocycles. The fourth-order valence-corrected chi connectivity index (χ4v) is 1.11. The third-order valence-electron chi connectivity index (χ3n) is 1.82. The summed E-state index contributed by atoms with van der Waals surface area (Å²) < 4.78 is 0. The van der Waals surface area contributed by atoms with Crippen molar-refractivity contribution in [3.8, 4) is 0 Å². The van der Waals surface area contributed by atoms with Gasteiger partial charge in [0.05, 0.1) is 5.60 Å². The number of aliphatic hydroxyl groups is 2. The Morgan fingerprint density at radius 1 is 1.08 bits per heavy atom. The van der Waals surface area contributed by atoms with Crippen LogP contribution in [0.1, 0.15) is 39.5 Å². The van der Waals surface area contributed by atoms with E-state index < -0.39 is 5.60 Å². The summed E-state index contributed by atoms with van der Waals surface area (Å²) in [4.78, 5) is 0. The maximum atomic E-state index is 9.36. The van der Waals surface area contributed by atoms with Crippen LogP contribution in [0, 0.1) is 0 Å². The van der Waals surface area contributed by atoms with Crippen LogP contribution in [-0.2, 0) is 0 Å². The third kappa shape index (κ3) is 11.9. The Bertz CT molecular complexity index is 110. The molecule has 3 N–H and O–H groups in total. The van der Waals surface area contributed by atoms with Gasteiger partial charge in [0.1, 0.15) is 0 Å². The fourth-order valence-electron chi connectivity index (χ4n) is 1.11. The largest absolute Gasteiger partial charge is 0.396 e. The van der Waals surface area contributed by atoms with Gasteiger partial charge in [-0.1, -0.05) is 12.8 Å². The number of hydrogen-bond acceptors (Lipinski definition) is 3. The first kappa shape index (κ1) is 12.9. The van der Waals surface area contributed by atoms with Crippen LogP contribution >= 0.6 is 0 Å². The van der Waals surface area contributed by atoms with Crippen LogP contribution in [0.3, 0.4) is 0 Å². The van der Waals surface area contributed by atoms with Crippen molar-refractivity contribution < 1.29 is 10.2 Å². The average molecular weight is 189 g/mol. The van der Waals surface area contributed by atoms with Gasteiger partial charge in [-0.2, -0.15) is 0 Å². The zero-order valence-corrected chi connectivity index (χ0v) is 8.84. The van der Waals surface area contributed by atoms with Crippen LogP contribution in [0.4, 0.5) is 0 Å². The molecule has 0 aliphatic rings. The van der Waals surface area contributed by atoms with Crippen molar-refractivity contribution in [1.82, 2.24) is 5.32 Å². The van der Waals surface area contributed by atoms with Gasteiger partial charge < -0.3 is 15.5 Å². The first-order chi connectivity index (χ1) is 6.06. The van der Waals surface area contributed by atoms with Crippen LogP contribution in [0.5, 0.6) is 0 Å². The van der Waals surface area contributed by atoms with Crippen molar-refractivity contribution >= 4 is 0 Å². The van der Waals surface area contributed by atoms with Gasteiger partial charge in [-0.25, -0.2) is 0 Å². The van der Waals surface area contributed by atoms with Crippen molar-refractivity contribution in [2.45, 2.75) is 45.1 Å². The van der Waals surface area contributed by atoms with Gasteiger partial charge in [-0.3, -0.25) is 0 Å². The van der Waals surface area contributed by atoms with Crippen LogP contribution in [0.15, 0.2) is 0 Å². The van der Waals surface area contributed by atoms with Crippen LogP contribution < -0.4 is 5.32 Å². The van der Waals surface area contributed by atoms with Crippen molar-refractivity contribution in [2.24, 2.45) is 0 Å². The Morgan fingerprint density at radius 3 is 2.23 bits per heavy atom. The molecular weight excluding hydrogens is 166 g/mol. The predicted octanol–water partition coefficient (Wildman–Crippen LogP) is 0.900. The first-order valence-corrected chi connectivity index (χ1v) is 5.10. The molecule has 0 saturated heterocycles. The van der Waals surface area contributed by atoms with Crippen LogP contribution in [0.25, 0.3) is 0 Å². The van der Waals surface area contributed by atoms with Crippen molar-refractivity contribution in [3.05, 3.63) is 0 Å². The molecule has 0 amide bonds. The summed E-state index contributed by atoms with van der Waals surface area (Å²) in [6.07, 6.45) is 4.28. The highest BCUT2D eigenvalue weighted by molar-refractivity contribution is 4.67. The topological polar surface area (TPSA) is 52.5 Å². The third-order valence-corrected chi connectivity index (χ3v) is 1.82. The Hall–Kier alpha value is -0.120. The Kier molecular flexibility index (Phi) is 7.23. The molecule has 0 fully saturated rings. The number of unbranched alkanes of at least 4 members (excludes halogenated alkanes) is 3. The SMILES string of the molecule is CC(C)(O)CNCCCCCCO. The molecule has 3 heteroatoms. The smallest absolute Gasteiger partial charge is 0.0715 e.